The number of amides is 1. The number of aromatic nitrogens is 3. The van der Waals surface area contributed by atoms with E-state index in [4.69, 9.17) is 8.94 Å². The highest BCUT2D eigenvalue weighted by atomic mass is 16.5. The Morgan fingerprint density at radius 2 is 2.07 bits per heavy atom. The van der Waals surface area contributed by atoms with Crippen molar-refractivity contribution in [2.75, 3.05) is 5.32 Å². The zero-order valence-corrected chi connectivity index (χ0v) is 14.6. The third-order valence-corrected chi connectivity index (χ3v) is 4.67. The largest absolute Gasteiger partial charge is 0.446 e. The first-order valence-corrected chi connectivity index (χ1v) is 8.69. The summed E-state index contributed by atoms with van der Waals surface area (Å²) in [7, 11) is 0. The Kier molecular flexibility index (Phi) is 3.86. The highest BCUT2D eigenvalue weighted by Crippen LogP contribution is 2.40. The van der Waals surface area contributed by atoms with E-state index in [1.54, 1.807) is 29.6 Å². The molecule has 0 saturated heterocycles. The van der Waals surface area contributed by atoms with Crippen molar-refractivity contribution in [1.29, 1.82) is 0 Å². The van der Waals surface area contributed by atoms with Crippen LogP contribution in [0.5, 0.6) is 0 Å². The standard InChI is InChI=1S/C20H15N5O3/c26-20(17-5-7-23-28-17)25-11-13-8-14(24-15-2-1-6-21-9-15)3-4-16(13)19(25)18-10-22-12-27-18/h1-10,12,19,24H,11H2. The Morgan fingerprint density at radius 3 is 2.82 bits per heavy atom. The Labute approximate surface area is 159 Å². The second-order valence-electron chi connectivity index (χ2n) is 6.40. The summed E-state index contributed by atoms with van der Waals surface area (Å²) >= 11 is 0. The van der Waals surface area contributed by atoms with Crippen LogP contribution >= 0.6 is 0 Å². The van der Waals surface area contributed by atoms with E-state index in [0.29, 0.717) is 12.3 Å². The molecule has 0 saturated carbocycles. The van der Waals surface area contributed by atoms with E-state index in [0.717, 1.165) is 22.5 Å². The van der Waals surface area contributed by atoms with Crippen molar-refractivity contribution in [1.82, 2.24) is 20.0 Å². The minimum atomic E-state index is -0.373. The molecule has 8 heteroatoms. The summed E-state index contributed by atoms with van der Waals surface area (Å²) in [5.41, 5.74) is 3.81. The number of hydrogen-bond acceptors (Lipinski definition) is 7. The maximum absolute atomic E-state index is 13.0. The van der Waals surface area contributed by atoms with E-state index in [9.17, 15) is 4.79 Å². The van der Waals surface area contributed by atoms with Crippen LogP contribution in [0.25, 0.3) is 0 Å². The first-order chi connectivity index (χ1) is 13.8. The Balaban J connectivity index is 1.51. The van der Waals surface area contributed by atoms with Crippen LogP contribution in [0.3, 0.4) is 0 Å². The van der Waals surface area contributed by atoms with Gasteiger partial charge in [0.2, 0.25) is 5.76 Å². The molecule has 1 amide bonds. The first kappa shape index (κ1) is 16.2. The van der Waals surface area contributed by atoms with Crippen LogP contribution < -0.4 is 5.32 Å². The van der Waals surface area contributed by atoms with E-state index in [1.165, 1.54) is 12.6 Å². The lowest BCUT2D eigenvalue weighted by Crippen LogP contribution is -2.29. The van der Waals surface area contributed by atoms with Crippen molar-refractivity contribution in [2.45, 2.75) is 12.6 Å². The van der Waals surface area contributed by atoms with Crippen molar-refractivity contribution in [3.63, 3.8) is 0 Å². The number of oxazole rings is 1. The fourth-order valence-electron chi connectivity index (χ4n) is 3.46. The molecule has 5 rings (SSSR count). The number of pyridine rings is 1. The molecule has 28 heavy (non-hydrogen) atoms. The smallest absolute Gasteiger partial charge is 0.293 e. The summed E-state index contributed by atoms with van der Waals surface area (Å²) in [6.07, 6.45) is 7.92. The van der Waals surface area contributed by atoms with Gasteiger partial charge in [-0.15, -0.1) is 0 Å². The number of fused-ring (bicyclic) bond motifs is 1. The number of benzene rings is 1. The van der Waals surface area contributed by atoms with Crippen LogP contribution in [0.1, 0.15) is 33.5 Å². The predicted molar refractivity (Wildman–Crippen MR) is 98.7 cm³/mol. The number of anilines is 2. The quantitative estimate of drug-likeness (QED) is 0.584. The van der Waals surface area contributed by atoms with Gasteiger partial charge in [-0.05, 0) is 35.4 Å². The van der Waals surface area contributed by atoms with E-state index in [1.807, 2.05) is 30.3 Å². The zero-order chi connectivity index (χ0) is 18.9. The molecule has 8 nitrogen and oxygen atoms in total. The van der Waals surface area contributed by atoms with E-state index in [-0.39, 0.29) is 17.7 Å². The molecule has 1 N–H and O–H groups in total. The third-order valence-electron chi connectivity index (χ3n) is 4.67. The lowest BCUT2D eigenvalue weighted by atomic mass is 10.0. The van der Waals surface area contributed by atoms with Crippen LogP contribution in [-0.4, -0.2) is 25.9 Å². The zero-order valence-electron chi connectivity index (χ0n) is 14.6. The normalized spacial score (nSPS) is 15.4. The van der Waals surface area contributed by atoms with Gasteiger partial charge in [0.25, 0.3) is 5.91 Å². The maximum Gasteiger partial charge on any atom is 0.293 e. The summed E-state index contributed by atoms with van der Waals surface area (Å²) in [6, 6.07) is 11.0. The Morgan fingerprint density at radius 1 is 1.11 bits per heavy atom. The van der Waals surface area contributed by atoms with Crippen LogP contribution in [0.4, 0.5) is 11.4 Å². The molecule has 0 radical (unpaired) electrons. The molecule has 1 aliphatic rings. The molecule has 4 aromatic rings. The molecule has 0 bridgehead atoms. The minimum Gasteiger partial charge on any atom is -0.446 e. The monoisotopic (exact) mass is 373 g/mol. The van der Waals surface area contributed by atoms with E-state index < -0.39 is 0 Å². The van der Waals surface area contributed by atoms with Crippen molar-refractivity contribution in [3.05, 3.63) is 90.2 Å². The average Bonchev–Trinajstić information content (AvgIpc) is 3.47. The lowest BCUT2D eigenvalue weighted by Gasteiger charge is -2.22. The van der Waals surface area contributed by atoms with Gasteiger partial charge in [-0.25, -0.2) is 4.98 Å². The minimum absolute atomic E-state index is 0.186. The van der Waals surface area contributed by atoms with Gasteiger partial charge in [0.1, 0.15) is 6.04 Å². The summed E-state index contributed by atoms with van der Waals surface area (Å²) in [5.74, 6) is 0.530. The molecule has 1 atom stereocenters. The van der Waals surface area contributed by atoms with Crippen LogP contribution in [0.2, 0.25) is 0 Å². The van der Waals surface area contributed by atoms with Crippen molar-refractivity contribution in [3.8, 4) is 0 Å². The molecule has 1 aliphatic heterocycles. The molecule has 3 aromatic heterocycles. The fourth-order valence-corrected chi connectivity index (χ4v) is 3.46. The summed E-state index contributed by atoms with van der Waals surface area (Å²) < 4.78 is 10.6. The SMILES string of the molecule is O=C(c1ccno1)N1Cc2cc(Nc3cccnc3)ccc2C1c1cnco1. The van der Waals surface area contributed by atoms with Gasteiger partial charge in [-0.2, -0.15) is 0 Å². The van der Waals surface area contributed by atoms with Crippen molar-refractivity contribution in [2.24, 2.45) is 0 Å². The van der Waals surface area contributed by atoms with Crippen molar-refractivity contribution >= 4 is 17.3 Å². The molecule has 0 fully saturated rings. The van der Waals surface area contributed by atoms with Gasteiger partial charge in [0.05, 0.1) is 24.3 Å². The van der Waals surface area contributed by atoms with Gasteiger partial charge in [-0.1, -0.05) is 11.2 Å². The lowest BCUT2D eigenvalue weighted by molar-refractivity contribution is 0.0661. The number of nitrogens with one attached hydrogen (secondary N) is 1. The number of nitrogens with zero attached hydrogens (tertiary/aromatic N) is 4. The number of carbonyl (C=O) groups excluding carboxylic acids is 1. The summed E-state index contributed by atoms with van der Waals surface area (Å²) in [6.45, 7) is 0.419. The number of carbonyl (C=O) groups is 1. The van der Waals surface area contributed by atoms with Crippen LogP contribution in [0.15, 0.2) is 76.5 Å². The topological polar surface area (TPSA) is 97.3 Å². The molecule has 4 heterocycles. The van der Waals surface area contributed by atoms with E-state index in [2.05, 4.69) is 20.4 Å². The van der Waals surface area contributed by atoms with Gasteiger partial charge < -0.3 is 19.2 Å². The Bertz CT molecular complexity index is 1090. The number of hydrogen-bond donors (Lipinski definition) is 1. The summed E-state index contributed by atoms with van der Waals surface area (Å²) in [4.78, 5) is 22.8. The molecular weight excluding hydrogens is 358 g/mol. The predicted octanol–water partition coefficient (Wildman–Crippen LogP) is 3.55. The average molecular weight is 373 g/mol. The maximum atomic E-state index is 13.0. The van der Waals surface area contributed by atoms with Crippen LogP contribution in [0, 0.1) is 0 Å². The van der Waals surface area contributed by atoms with Gasteiger partial charge in [0, 0.05) is 24.5 Å². The molecule has 1 unspecified atom stereocenters. The highest BCUT2D eigenvalue weighted by Gasteiger charge is 2.38. The van der Waals surface area contributed by atoms with E-state index >= 15 is 0 Å². The molecule has 0 aliphatic carbocycles. The molecule has 138 valence electrons. The van der Waals surface area contributed by atoms with Gasteiger partial charge >= 0.3 is 0 Å². The molecule has 1 aromatic carbocycles. The summed E-state index contributed by atoms with van der Waals surface area (Å²) in [5, 5.41) is 6.96. The third kappa shape index (κ3) is 2.81. The Hall–Kier alpha value is -3.94. The second-order valence-corrected chi connectivity index (χ2v) is 6.40. The van der Waals surface area contributed by atoms with Crippen molar-refractivity contribution < 1.29 is 13.7 Å². The van der Waals surface area contributed by atoms with Gasteiger partial charge in [0.15, 0.2) is 12.2 Å². The first-order valence-electron chi connectivity index (χ1n) is 8.69. The van der Waals surface area contributed by atoms with Gasteiger partial charge in [-0.3, -0.25) is 9.78 Å². The molecule has 0 spiro atoms. The second kappa shape index (κ2) is 6.66. The number of rotatable bonds is 4. The fraction of sp³-hybridized carbons (Fsp3) is 0.100. The van der Waals surface area contributed by atoms with Crippen LogP contribution in [-0.2, 0) is 6.54 Å². The highest BCUT2D eigenvalue weighted by molar-refractivity contribution is 5.92. The molecular formula is C20H15N5O3.